The molecule has 0 aliphatic carbocycles. The van der Waals surface area contributed by atoms with Gasteiger partial charge in [-0.2, -0.15) is 0 Å². The second kappa shape index (κ2) is 2.98. The first-order chi connectivity index (χ1) is 6.27. The van der Waals surface area contributed by atoms with Gasteiger partial charge in [-0.15, -0.1) is 10.2 Å². The number of anilines is 1. The molecule has 2 aromatic rings. The van der Waals surface area contributed by atoms with E-state index in [4.69, 9.17) is 10.2 Å². The first-order valence-electron chi connectivity index (χ1n) is 3.44. The molecule has 0 amide bonds. The minimum absolute atomic E-state index is 0.243. The summed E-state index contributed by atoms with van der Waals surface area (Å²) >= 11 is 1.04. The number of hydrogen-bond donors (Lipinski definition) is 1. The molecule has 0 aliphatic rings. The molecule has 2 N–H and O–H groups in total. The summed E-state index contributed by atoms with van der Waals surface area (Å²) in [5, 5.41) is 7.65. The summed E-state index contributed by atoms with van der Waals surface area (Å²) in [5.74, 6) is -0.0460. The number of rotatable bonds is 2. The maximum atomic E-state index is 11.5. The average Bonchev–Trinajstić information content (AvgIpc) is 2.72. The van der Waals surface area contributed by atoms with Crippen molar-refractivity contribution in [2.24, 2.45) is 0 Å². The van der Waals surface area contributed by atoms with Crippen LogP contribution in [0, 0.1) is 0 Å². The molecule has 2 rings (SSSR count). The van der Waals surface area contributed by atoms with Crippen molar-refractivity contribution in [2.75, 3.05) is 5.73 Å². The molecule has 2 aromatic heterocycles. The fourth-order valence-electron chi connectivity index (χ4n) is 0.839. The van der Waals surface area contributed by atoms with Gasteiger partial charge in [0.05, 0.1) is 6.26 Å². The molecule has 0 aliphatic heterocycles. The normalized spacial score (nSPS) is 10.2. The molecule has 0 saturated carbocycles. The van der Waals surface area contributed by atoms with Gasteiger partial charge in [-0.1, -0.05) is 11.3 Å². The van der Waals surface area contributed by atoms with Gasteiger partial charge < -0.3 is 10.2 Å². The number of nitrogen functional groups attached to an aromatic ring is 1. The van der Waals surface area contributed by atoms with Crippen molar-refractivity contribution < 1.29 is 9.21 Å². The van der Waals surface area contributed by atoms with Gasteiger partial charge >= 0.3 is 0 Å². The Morgan fingerprint density at radius 1 is 1.54 bits per heavy atom. The van der Waals surface area contributed by atoms with Crippen LogP contribution in [-0.2, 0) is 0 Å². The Kier molecular flexibility index (Phi) is 1.82. The van der Waals surface area contributed by atoms with Gasteiger partial charge in [0.2, 0.25) is 5.13 Å². The molecular formula is C7H5N3O2S. The van der Waals surface area contributed by atoms with Crippen LogP contribution in [0.5, 0.6) is 0 Å². The van der Waals surface area contributed by atoms with Gasteiger partial charge in [0.25, 0.3) is 5.78 Å². The molecule has 0 fully saturated rings. The second-order valence-corrected chi connectivity index (χ2v) is 3.26. The highest BCUT2D eigenvalue weighted by molar-refractivity contribution is 7.17. The Hall–Kier alpha value is -1.69. The van der Waals surface area contributed by atoms with Crippen molar-refractivity contribution in [3.8, 4) is 0 Å². The van der Waals surface area contributed by atoms with E-state index in [0.29, 0.717) is 0 Å². The minimum atomic E-state index is -0.292. The summed E-state index contributed by atoms with van der Waals surface area (Å²) in [6, 6.07) is 3.21. The van der Waals surface area contributed by atoms with Gasteiger partial charge in [0.1, 0.15) is 0 Å². The van der Waals surface area contributed by atoms with Crippen molar-refractivity contribution in [1.82, 2.24) is 10.2 Å². The van der Waals surface area contributed by atoms with E-state index in [-0.39, 0.29) is 21.7 Å². The third-order valence-electron chi connectivity index (χ3n) is 1.38. The van der Waals surface area contributed by atoms with E-state index in [9.17, 15) is 4.79 Å². The SMILES string of the molecule is Nc1nnc(C(=O)c2ccco2)s1. The van der Waals surface area contributed by atoms with E-state index < -0.39 is 0 Å². The van der Waals surface area contributed by atoms with Crippen LogP contribution in [-0.4, -0.2) is 16.0 Å². The largest absolute Gasteiger partial charge is 0.461 e. The fourth-order valence-corrected chi connectivity index (χ4v) is 1.39. The molecule has 0 bridgehead atoms. The fraction of sp³-hybridized carbons (Fsp3) is 0. The lowest BCUT2D eigenvalue weighted by atomic mass is 10.3. The first kappa shape index (κ1) is 7.93. The van der Waals surface area contributed by atoms with Crippen LogP contribution in [0.3, 0.4) is 0 Å². The van der Waals surface area contributed by atoms with Crippen LogP contribution < -0.4 is 5.73 Å². The Labute approximate surface area is 77.2 Å². The van der Waals surface area contributed by atoms with E-state index in [1.165, 1.54) is 6.26 Å². The average molecular weight is 195 g/mol. The van der Waals surface area contributed by atoms with E-state index in [1.807, 2.05) is 0 Å². The van der Waals surface area contributed by atoms with Crippen LogP contribution in [0.2, 0.25) is 0 Å². The number of ketones is 1. The van der Waals surface area contributed by atoms with Crippen LogP contribution in [0.15, 0.2) is 22.8 Å². The molecule has 2 heterocycles. The summed E-state index contributed by atoms with van der Waals surface area (Å²) < 4.78 is 4.91. The Bertz CT molecular complexity index is 421. The van der Waals surface area contributed by atoms with E-state index >= 15 is 0 Å². The standard InChI is InChI=1S/C7H5N3O2S/c8-7-10-9-6(13-7)5(11)4-2-1-3-12-4/h1-3H,(H2,8,10). The van der Waals surface area contributed by atoms with Crippen molar-refractivity contribution >= 4 is 22.3 Å². The zero-order valence-corrected chi connectivity index (χ0v) is 7.25. The number of hydrogen-bond acceptors (Lipinski definition) is 6. The third-order valence-corrected chi connectivity index (χ3v) is 2.13. The lowest BCUT2D eigenvalue weighted by Crippen LogP contribution is -1.98. The molecule has 5 nitrogen and oxygen atoms in total. The number of carbonyl (C=O) groups is 1. The molecular weight excluding hydrogens is 190 g/mol. The molecule has 0 aromatic carbocycles. The third kappa shape index (κ3) is 1.43. The Balaban J connectivity index is 2.33. The van der Waals surface area contributed by atoms with Crippen LogP contribution in [0.1, 0.15) is 15.6 Å². The molecule has 0 spiro atoms. The van der Waals surface area contributed by atoms with E-state index in [0.717, 1.165) is 11.3 Å². The van der Waals surface area contributed by atoms with Crippen LogP contribution in [0.4, 0.5) is 5.13 Å². The highest BCUT2D eigenvalue weighted by Crippen LogP contribution is 2.15. The molecule has 0 atom stereocenters. The van der Waals surface area contributed by atoms with E-state index in [1.54, 1.807) is 12.1 Å². The number of nitrogens with two attached hydrogens (primary N) is 1. The van der Waals surface area contributed by atoms with Crippen LogP contribution in [0.25, 0.3) is 0 Å². The smallest absolute Gasteiger partial charge is 0.258 e. The van der Waals surface area contributed by atoms with Crippen LogP contribution >= 0.6 is 11.3 Å². The van der Waals surface area contributed by atoms with Gasteiger partial charge in [-0.05, 0) is 12.1 Å². The topological polar surface area (TPSA) is 82.0 Å². The van der Waals surface area contributed by atoms with Crippen molar-refractivity contribution in [1.29, 1.82) is 0 Å². The summed E-state index contributed by atoms with van der Waals surface area (Å²) in [4.78, 5) is 11.5. The predicted octanol–water partition coefficient (Wildman–Crippen LogP) is 0.944. The molecule has 0 saturated heterocycles. The maximum absolute atomic E-state index is 11.5. The highest BCUT2D eigenvalue weighted by atomic mass is 32.1. The predicted molar refractivity (Wildman–Crippen MR) is 46.5 cm³/mol. The highest BCUT2D eigenvalue weighted by Gasteiger charge is 2.16. The molecule has 13 heavy (non-hydrogen) atoms. The maximum Gasteiger partial charge on any atom is 0.258 e. The molecule has 0 unspecified atom stereocenters. The quantitative estimate of drug-likeness (QED) is 0.721. The monoisotopic (exact) mass is 195 g/mol. The summed E-state index contributed by atoms with van der Waals surface area (Å²) in [6.45, 7) is 0. The van der Waals surface area contributed by atoms with Crippen molar-refractivity contribution in [3.05, 3.63) is 29.2 Å². The number of furan rings is 1. The number of nitrogens with zero attached hydrogens (tertiary/aromatic N) is 2. The molecule has 66 valence electrons. The summed E-state index contributed by atoms with van der Waals surface area (Å²) in [7, 11) is 0. The number of aromatic nitrogens is 2. The lowest BCUT2D eigenvalue weighted by Gasteiger charge is -1.87. The Morgan fingerprint density at radius 3 is 2.92 bits per heavy atom. The number of carbonyl (C=O) groups excluding carboxylic acids is 1. The molecule has 6 heteroatoms. The zero-order valence-electron chi connectivity index (χ0n) is 6.43. The summed E-state index contributed by atoms with van der Waals surface area (Å²) in [6.07, 6.45) is 1.43. The van der Waals surface area contributed by atoms with E-state index in [2.05, 4.69) is 10.2 Å². The first-order valence-corrected chi connectivity index (χ1v) is 4.26. The summed E-state index contributed by atoms with van der Waals surface area (Å²) in [5.41, 5.74) is 5.33. The molecule has 0 radical (unpaired) electrons. The lowest BCUT2D eigenvalue weighted by molar-refractivity contribution is 0.101. The van der Waals surface area contributed by atoms with Gasteiger partial charge in [0.15, 0.2) is 10.8 Å². The second-order valence-electron chi connectivity index (χ2n) is 2.25. The van der Waals surface area contributed by atoms with Gasteiger partial charge in [0, 0.05) is 0 Å². The zero-order chi connectivity index (χ0) is 9.26. The Morgan fingerprint density at radius 2 is 2.38 bits per heavy atom. The minimum Gasteiger partial charge on any atom is -0.461 e. The van der Waals surface area contributed by atoms with Crippen molar-refractivity contribution in [3.63, 3.8) is 0 Å². The van der Waals surface area contributed by atoms with Crippen molar-refractivity contribution in [2.45, 2.75) is 0 Å². The van der Waals surface area contributed by atoms with Gasteiger partial charge in [-0.25, -0.2) is 0 Å². The van der Waals surface area contributed by atoms with Gasteiger partial charge in [-0.3, -0.25) is 4.79 Å².